The monoisotopic (exact) mass is 210 g/mol. The van der Waals surface area contributed by atoms with Crippen molar-refractivity contribution in [1.82, 2.24) is 5.32 Å². The van der Waals surface area contributed by atoms with Crippen molar-refractivity contribution in [3.05, 3.63) is 0 Å². The van der Waals surface area contributed by atoms with Crippen LogP contribution in [-0.2, 0) is 9.53 Å². The molecule has 0 aromatic heterocycles. The van der Waals surface area contributed by atoms with E-state index in [1.807, 2.05) is 6.92 Å². The topological polar surface area (TPSA) is 64.4 Å². The molecule has 1 rings (SSSR count). The highest BCUT2D eigenvalue weighted by atomic mass is 16.5. The van der Waals surface area contributed by atoms with Crippen LogP contribution >= 0.6 is 0 Å². The van der Waals surface area contributed by atoms with Gasteiger partial charge in [-0.3, -0.25) is 4.79 Å². The average Bonchev–Trinajstić information content (AvgIpc) is 2.74. The van der Waals surface area contributed by atoms with E-state index in [-0.39, 0.29) is 24.2 Å². The Kier molecular flexibility index (Phi) is 4.60. The zero-order valence-electron chi connectivity index (χ0n) is 9.03. The predicted molar refractivity (Wildman–Crippen MR) is 58.0 cm³/mol. The van der Waals surface area contributed by atoms with Crippen molar-refractivity contribution in [2.24, 2.45) is 5.73 Å². The molecule has 1 fully saturated rings. The number of carbonyl (C=O) groups is 1. The normalized spacial score (nSPS) is 27.0. The molecule has 15 heavy (non-hydrogen) atoms. The van der Waals surface area contributed by atoms with E-state index in [0.717, 1.165) is 19.3 Å². The van der Waals surface area contributed by atoms with Gasteiger partial charge in [-0.1, -0.05) is 12.8 Å². The lowest BCUT2D eigenvalue weighted by Gasteiger charge is -2.15. The number of nitrogens with two attached hydrogens (primary N) is 1. The van der Waals surface area contributed by atoms with Gasteiger partial charge in [0.15, 0.2) is 0 Å². The van der Waals surface area contributed by atoms with Gasteiger partial charge in [0.25, 0.3) is 0 Å². The maximum Gasteiger partial charge on any atom is 0.250 e. The zero-order valence-corrected chi connectivity index (χ0v) is 9.03. The Hall–Kier alpha value is -1.05. The van der Waals surface area contributed by atoms with Gasteiger partial charge in [0.05, 0.1) is 12.1 Å². The molecule has 0 aromatic rings. The SMILES string of the molecule is C#CC(CC)NC(=O)C1CCC(CN)O1. The standard InChI is InChI=1S/C11H18N2O2/c1-3-8(4-2)13-11(14)10-6-5-9(7-12)15-10/h1,8-10H,4-7,12H2,2H3,(H,13,14). The molecule has 0 aliphatic carbocycles. The fourth-order valence-electron chi connectivity index (χ4n) is 1.60. The van der Waals surface area contributed by atoms with Crippen LogP contribution in [0.1, 0.15) is 26.2 Å². The number of hydrogen-bond donors (Lipinski definition) is 2. The van der Waals surface area contributed by atoms with Crippen molar-refractivity contribution in [2.75, 3.05) is 6.54 Å². The van der Waals surface area contributed by atoms with E-state index in [2.05, 4.69) is 11.2 Å². The number of terminal acetylenes is 1. The van der Waals surface area contributed by atoms with Gasteiger partial charge in [-0.25, -0.2) is 0 Å². The van der Waals surface area contributed by atoms with Crippen LogP contribution in [-0.4, -0.2) is 30.7 Å². The van der Waals surface area contributed by atoms with E-state index in [0.29, 0.717) is 6.54 Å². The third-order valence-corrected chi connectivity index (χ3v) is 2.59. The lowest BCUT2D eigenvalue weighted by atomic mass is 10.1. The Morgan fingerprint density at radius 3 is 2.93 bits per heavy atom. The van der Waals surface area contributed by atoms with E-state index >= 15 is 0 Å². The molecule has 4 nitrogen and oxygen atoms in total. The molecule has 4 heteroatoms. The van der Waals surface area contributed by atoms with Crippen LogP contribution < -0.4 is 11.1 Å². The molecule has 1 heterocycles. The molecule has 0 spiro atoms. The summed E-state index contributed by atoms with van der Waals surface area (Å²) < 4.78 is 5.46. The van der Waals surface area contributed by atoms with E-state index in [4.69, 9.17) is 16.9 Å². The van der Waals surface area contributed by atoms with Crippen molar-refractivity contribution < 1.29 is 9.53 Å². The molecule has 0 aromatic carbocycles. The van der Waals surface area contributed by atoms with E-state index < -0.39 is 0 Å². The van der Waals surface area contributed by atoms with Gasteiger partial charge in [-0.05, 0) is 19.3 Å². The third-order valence-electron chi connectivity index (χ3n) is 2.59. The van der Waals surface area contributed by atoms with Crippen LogP contribution in [0.25, 0.3) is 0 Å². The number of hydrogen-bond acceptors (Lipinski definition) is 3. The van der Waals surface area contributed by atoms with Crippen LogP contribution in [0.15, 0.2) is 0 Å². The molecule has 1 aliphatic heterocycles. The fourth-order valence-corrected chi connectivity index (χ4v) is 1.60. The molecular weight excluding hydrogens is 192 g/mol. The van der Waals surface area contributed by atoms with Crippen molar-refractivity contribution in [3.8, 4) is 12.3 Å². The lowest BCUT2D eigenvalue weighted by Crippen LogP contribution is -2.40. The Bertz CT molecular complexity index is 260. The second-order valence-corrected chi connectivity index (χ2v) is 3.70. The summed E-state index contributed by atoms with van der Waals surface area (Å²) in [6.07, 6.45) is 7.22. The minimum atomic E-state index is -0.374. The molecule has 1 amide bonds. The summed E-state index contributed by atoms with van der Waals surface area (Å²) in [6.45, 7) is 2.40. The summed E-state index contributed by atoms with van der Waals surface area (Å²) in [7, 11) is 0. The smallest absolute Gasteiger partial charge is 0.250 e. The number of amides is 1. The highest BCUT2D eigenvalue weighted by Gasteiger charge is 2.30. The minimum Gasteiger partial charge on any atom is -0.364 e. The highest BCUT2D eigenvalue weighted by molar-refractivity contribution is 5.81. The average molecular weight is 210 g/mol. The molecule has 0 saturated carbocycles. The quantitative estimate of drug-likeness (QED) is 0.643. The fraction of sp³-hybridized carbons (Fsp3) is 0.727. The first-order valence-electron chi connectivity index (χ1n) is 5.33. The summed E-state index contributed by atoms with van der Waals surface area (Å²) in [6, 6.07) is -0.196. The van der Waals surface area contributed by atoms with Crippen LogP contribution in [0, 0.1) is 12.3 Å². The predicted octanol–water partition coefficient (Wildman–Crippen LogP) is 0.0207. The van der Waals surface area contributed by atoms with Crippen molar-refractivity contribution >= 4 is 5.91 Å². The molecular formula is C11H18N2O2. The largest absolute Gasteiger partial charge is 0.364 e. The van der Waals surface area contributed by atoms with E-state index in [1.165, 1.54) is 0 Å². The molecule has 3 atom stereocenters. The van der Waals surface area contributed by atoms with Crippen molar-refractivity contribution in [1.29, 1.82) is 0 Å². The second-order valence-electron chi connectivity index (χ2n) is 3.70. The molecule has 1 aliphatic rings. The number of rotatable bonds is 4. The first-order valence-corrected chi connectivity index (χ1v) is 5.33. The summed E-state index contributed by atoms with van der Waals surface area (Å²) in [5.41, 5.74) is 5.46. The molecule has 84 valence electrons. The van der Waals surface area contributed by atoms with Gasteiger partial charge in [0, 0.05) is 6.54 Å². The van der Waals surface area contributed by atoms with E-state index in [1.54, 1.807) is 0 Å². The zero-order chi connectivity index (χ0) is 11.3. The van der Waals surface area contributed by atoms with Gasteiger partial charge >= 0.3 is 0 Å². The molecule has 3 unspecified atom stereocenters. The lowest BCUT2D eigenvalue weighted by molar-refractivity contribution is -0.132. The first kappa shape index (κ1) is 12.0. The first-order chi connectivity index (χ1) is 7.21. The highest BCUT2D eigenvalue weighted by Crippen LogP contribution is 2.18. The van der Waals surface area contributed by atoms with Crippen molar-refractivity contribution in [3.63, 3.8) is 0 Å². The number of carbonyl (C=O) groups excluding carboxylic acids is 1. The summed E-state index contributed by atoms with van der Waals surface area (Å²) in [5, 5.41) is 2.76. The van der Waals surface area contributed by atoms with Crippen LogP contribution in [0.3, 0.4) is 0 Å². The number of ether oxygens (including phenoxy) is 1. The second kappa shape index (κ2) is 5.74. The molecule has 0 bridgehead atoms. The Morgan fingerprint density at radius 1 is 1.73 bits per heavy atom. The summed E-state index contributed by atoms with van der Waals surface area (Å²) in [4.78, 5) is 11.7. The van der Waals surface area contributed by atoms with Gasteiger partial charge in [0.1, 0.15) is 6.10 Å². The maximum absolute atomic E-state index is 11.7. The molecule has 0 radical (unpaired) electrons. The molecule has 3 N–H and O–H groups in total. The molecule has 1 saturated heterocycles. The van der Waals surface area contributed by atoms with Gasteiger partial charge < -0.3 is 15.8 Å². The Labute approximate surface area is 90.5 Å². The van der Waals surface area contributed by atoms with Crippen LogP contribution in [0.4, 0.5) is 0 Å². The van der Waals surface area contributed by atoms with Gasteiger partial charge in [0.2, 0.25) is 5.91 Å². The summed E-state index contributed by atoms with van der Waals surface area (Å²) in [5.74, 6) is 2.40. The van der Waals surface area contributed by atoms with Gasteiger partial charge in [-0.15, -0.1) is 6.42 Å². The van der Waals surface area contributed by atoms with Crippen LogP contribution in [0.5, 0.6) is 0 Å². The maximum atomic E-state index is 11.7. The minimum absolute atomic E-state index is 0.0201. The Morgan fingerprint density at radius 2 is 2.47 bits per heavy atom. The van der Waals surface area contributed by atoms with Crippen LogP contribution in [0.2, 0.25) is 0 Å². The van der Waals surface area contributed by atoms with Crippen molar-refractivity contribution in [2.45, 2.75) is 44.4 Å². The van der Waals surface area contributed by atoms with E-state index in [9.17, 15) is 4.79 Å². The summed E-state index contributed by atoms with van der Waals surface area (Å²) >= 11 is 0. The number of nitrogens with one attached hydrogen (secondary N) is 1. The third kappa shape index (κ3) is 3.22. The Balaban J connectivity index is 2.39. The van der Waals surface area contributed by atoms with Gasteiger partial charge in [-0.2, -0.15) is 0 Å².